The van der Waals surface area contributed by atoms with Crippen LogP contribution < -0.4 is 10.2 Å². The summed E-state index contributed by atoms with van der Waals surface area (Å²) in [5, 5.41) is 12.7. The number of nitrogens with one attached hydrogen (secondary N) is 1. The zero-order valence-electron chi connectivity index (χ0n) is 17.3. The van der Waals surface area contributed by atoms with E-state index in [1.807, 2.05) is 19.2 Å². The predicted molar refractivity (Wildman–Crippen MR) is 113 cm³/mol. The quantitative estimate of drug-likeness (QED) is 0.563. The molecule has 0 radical (unpaired) electrons. The normalized spacial score (nSPS) is 20.0. The predicted octanol–water partition coefficient (Wildman–Crippen LogP) is 4.45. The lowest BCUT2D eigenvalue weighted by Crippen LogP contribution is -2.52. The molecular weight excluding hydrogens is 336 g/mol. The molecule has 1 aliphatic rings. The highest BCUT2D eigenvalue weighted by Crippen LogP contribution is 2.26. The highest BCUT2D eigenvalue weighted by atomic mass is 16.3. The van der Waals surface area contributed by atoms with Crippen molar-refractivity contribution >= 4 is 11.6 Å². The van der Waals surface area contributed by atoms with E-state index >= 15 is 0 Å². The molecule has 0 bridgehead atoms. The van der Waals surface area contributed by atoms with Crippen LogP contribution in [-0.4, -0.2) is 36.8 Å². The smallest absolute Gasteiger partial charge is 0.242 e. The molecule has 0 fully saturated rings. The molecule has 2 rings (SSSR count). The summed E-state index contributed by atoms with van der Waals surface area (Å²) in [6.45, 7) is 2.23. The van der Waals surface area contributed by atoms with Gasteiger partial charge in [0.05, 0.1) is 12.6 Å². The van der Waals surface area contributed by atoms with Gasteiger partial charge in [0.2, 0.25) is 5.91 Å². The van der Waals surface area contributed by atoms with Crippen molar-refractivity contribution in [3.8, 4) is 0 Å². The molecule has 0 saturated heterocycles. The number of carbonyl (C=O) groups excluding carboxylic acids is 1. The Bertz CT molecular complexity index is 561. The van der Waals surface area contributed by atoms with Crippen LogP contribution in [0.2, 0.25) is 0 Å². The molecular formula is C23H38N2O2. The van der Waals surface area contributed by atoms with Crippen molar-refractivity contribution in [1.82, 2.24) is 5.32 Å². The van der Waals surface area contributed by atoms with Crippen molar-refractivity contribution < 1.29 is 9.90 Å². The van der Waals surface area contributed by atoms with E-state index < -0.39 is 0 Å². The number of anilines is 1. The third-order valence-corrected chi connectivity index (χ3v) is 5.76. The van der Waals surface area contributed by atoms with Gasteiger partial charge in [-0.2, -0.15) is 0 Å². The molecule has 27 heavy (non-hydrogen) atoms. The van der Waals surface area contributed by atoms with Crippen LogP contribution in [0.25, 0.3) is 0 Å². The summed E-state index contributed by atoms with van der Waals surface area (Å²) in [6, 6.07) is 7.88. The zero-order valence-corrected chi connectivity index (χ0v) is 17.3. The van der Waals surface area contributed by atoms with Gasteiger partial charge < -0.3 is 15.3 Å². The largest absolute Gasteiger partial charge is 0.394 e. The Morgan fingerprint density at radius 3 is 2.33 bits per heavy atom. The van der Waals surface area contributed by atoms with Crippen LogP contribution in [-0.2, 0) is 11.2 Å². The van der Waals surface area contributed by atoms with Crippen molar-refractivity contribution in [2.45, 2.75) is 89.6 Å². The number of benzene rings is 1. The summed E-state index contributed by atoms with van der Waals surface area (Å²) in [5.74, 6) is 0.0469. The van der Waals surface area contributed by atoms with Gasteiger partial charge in [-0.25, -0.2) is 0 Å². The molecule has 0 saturated carbocycles. The van der Waals surface area contributed by atoms with E-state index in [1.165, 1.54) is 56.9 Å². The van der Waals surface area contributed by atoms with Gasteiger partial charge in [-0.1, -0.05) is 82.9 Å². The Balaban J connectivity index is 1.85. The standard InChI is InChI=1S/C23H38N2O2/c1-3-4-5-6-7-8-9-10-11-16-22-23(27)24-20(18-26)17-19-14-12-13-15-21(19)25(22)2/h12-15,20,22,26H,3-11,16-18H2,1-2H3,(H,24,27)/t20-,22-/m0/s1. The lowest BCUT2D eigenvalue weighted by Gasteiger charge is -2.35. The summed E-state index contributed by atoms with van der Waals surface area (Å²) >= 11 is 0. The zero-order chi connectivity index (χ0) is 19.5. The van der Waals surface area contributed by atoms with E-state index in [-0.39, 0.29) is 24.6 Å². The van der Waals surface area contributed by atoms with Crippen LogP contribution in [0.4, 0.5) is 5.69 Å². The first-order chi connectivity index (χ1) is 13.2. The number of likely N-dealkylation sites (N-methyl/N-ethyl adjacent to an activating group) is 1. The molecule has 1 aliphatic heterocycles. The van der Waals surface area contributed by atoms with Crippen LogP contribution >= 0.6 is 0 Å². The third kappa shape index (κ3) is 6.84. The molecule has 1 amide bonds. The van der Waals surface area contributed by atoms with Gasteiger partial charge in [0.15, 0.2) is 0 Å². The molecule has 1 heterocycles. The van der Waals surface area contributed by atoms with E-state index in [1.54, 1.807) is 0 Å². The number of fused-ring (bicyclic) bond motifs is 1. The fourth-order valence-corrected chi connectivity index (χ4v) is 4.07. The highest BCUT2D eigenvalue weighted by Gasteiger charge is 2.29. The number of aliphatic hydroxyl groups excluding tert-OH is 1. The molecule has 1 aromatic carbocycles. The number of unbranched alkanes of at least 4 members (excludes halogenated alkanes) is 8. The summed E-state index contributed by atoms with van der Waals surface area (Å²) in [5.41, 5.74) is 2.31. The fourth-order valence-electron chi connectivity index (χ4n) is 4.07. The van der Waals surface area contributed by atoms with Gasteiger partial charge in [0, 0.05) is 12.7 Å². The van der Waals surface area contributed by atoms with Crippen LogP contribution in [0.1, 0.15) is 76.7 Å². The topological polar surface area (TPSA) is 52.6 Å². The van der Waals surface area contributed by atoms with Crippen molar-refractivity contribution in [1.29, 1.82) is 0 Å². The minimum atomic E-state index is -0.196. The third-order valence-electron chi connectivity index (χ3n) is 5.76. The monoisotopic (exact) mass is 374 g/mol. The number of hydrogen-bond acceptors (Lipinski definition) is 3. The van der Waals surface area contributed by atoms with Gasteiger partial charge in [0.1, 0.15) is 6.04 Å². The molecule has 0 aliphatic carbocycles. The maximum atomic E-state index is 12.8. The van der Waals surface area contributed by atoms with Crippen molar-refractivity contribution in [3.63, 3.8) is 0 Å². The first-order valence-electron chi connectivity index (χ1n) is 10.9. The van der Waals surface area contributed by atoms with Crippen LogP contribution in [0.5, 0.6) is 0 Å². The maximum absolute atomic E-state index is 12.8. The van der Waals surface area contributed by atoms with Gasteiger partial charge in [-0.3, -0.25) is 4.79 Å². The number of amides is 1. The summed E-state index contributed by atoms with van der Waals surface area (Å²) in [7, 11) is 2.02. The first kappa shape index (κ1) is 21.7. The van der Waals surface area contributed by atoms with Gasteiger partial charge in [-0.15, -0.1) is 0 Å². The van der Waals surface area contributed by atoms with E-state index in [4.69, 9.17) is 0 Å². The molecule has 4 heteroatoms. The minimum absolute atomic E-state index is 0.0193. The number of nitrogens with zero attached hydrogens (tertiary/aromatic N) is 1. The number of para-hydroxylation sites is 1. The van der Waals surface area contributed by atoms with Gasteiger partial charge >= 0.3 is 0 Å². The SMILES string of the molecule is CCCCCCCCCCC[C@H]1C(=O)N[C@H](CO)Cc2ccccc2N1C. The second-order valence-electron chi connectivity index (χ2n) is 7.96. The second-order valence-corrected chi connectivity index (χ2v) is 7.96. The number of aliphatic hydroxyl groups is 1. The molecule has 2 atom stereocenters. The second kappa shape index (κ2) is 12.0. The van der Waals surface area contributed by atoms with E-state index in [9.17, 15) is 9.90 Å². The van der Waals surface area contributed by atoms with Crippen molar-refractivity contribution in [3.05, 3.63) is 29.8 Å². The molecule has 2 N–H and O–H groups in total. The van der Waals surface area contributed by atoms with Crippen molar-refractivity contribution in [2.75, 3.05) is 18.6 Å². The summed E-state index contributed by atoms with van der Waals surface area (Å²) < 4.78 is 0. The van der Waals surface area contributed by atoms with Gasteiger partial charge in [0.25, 0.3) is 0 Å². The summed E-state index contributed by atoms with van der Waals surface area (Å²) in [4.78, 5) is 14.9. The Morgan fingerprint density at radius 2 is 1.67 bits per heavy atom. The van der Waals surface area contributed by atoms with Crippen molar-refractivity contribution in [2.24, 2.45) is 0 Å². The average Bonchev–Trinajstić information content (AvgIpc) is 2.68. The van der Waals surface area contributed by atoms with Crippen LogP contribution in [0.3, 0.4) is 0 Å². The molecule has 0 aromatic heterocycles. The van der Waals surface area contributed by atoms with Crippen LogP contribution in [0.15, 0.2) is 24.3 Å². The Labute approximate surface area is 165 Å². The Kier molecular flexibility index (Phi) is 9.68. The number of carbonyl (C=O) groups is 1. The first-order valence-corrected chi connectivity index (χ1v) is 10.9. The molecule has 0 unspecified atom stereocenters. The van der Waals surface area contributed by atoms with E-state index in [2.05, 4.69) is 29.3 Å². The van der Waals surface area contributed by atoms with E-state index in [0.717, 1.165) is 18.5 Å². The van der Waals surface area contributed by atoms with Gasteiger partial charge in [-0.05, 0) is 24.5 Å². The lowest BCUT2D eigenvalue weighted by molar-refractivity contribution is -0.123. The molecule has 4 nitrogen and oxygen atoms in total. The van der Waals surface area contributed by atoms with Crippen LogP contribution in [0, 0.1) is 0 Å². The highest BCUT2D eigenvalue weighted by molar-refractivity contribution is 5.86. The maximum Gasteiger partial charge on any atom is 0.242 e. The fraction of sp³-hybridized carbons (Fsp3) is 0.696. The number of hydrogen-bond donors (Lipinski definition) is 2. The Hall–Kier alpha value is -1.55. The molecule has 152 valence electrons. The van der Waals surface area contributed by atoms with E-state index in [0.29, 0.717) is 6.42 Å². The molecule has 1 aromatic rings. The molecule has 0 spiro atoms. The number of rotatable bonds is 11. The summed E-state index contributed by atoms with van der Waals surface area (Å²) in [6.07, 6.45) is 13.1. The Morgan fingerprint density at radius 1 is 1.04 bits per heavy atom. The lowest BCUT2D eigenvalue weighted by atomic mass is 9.97. The average molecular weight is 375 g/mol. The minimum Gasteiger partial charge on any atom is -0.394 e.